The number of benzene rings is 2. The molecule has 8 heteroatoms. The predicted molar refractivity (Wildman–Crippen MR) is 110 cm³/mol. The van der Waals surface area contributed by atoms with Crippen LogP contribution in [0.15, 0.2) is 42.5 Å². The van der Waals surface area contributed by atoms with Crippen molar-refractivity contribution in [2.45, 2.75) is 25.8 Å². The van der Waals surface area contributed by atoms with Crippen molar-refractivity contribution in [2.24, 2.45) is 5.73 Å². The summed E-state index contributed by atoms with van der Waals surface area (Å²) in [5.41, 5.74) is 8.22. The van der Waals surface area contributed by atoms with Crippen molar-refractivity contribution in [3.8, 4) is 5.75 Å². The number of carbonyl (C=O) groups excluding carboxylic acids is 3. The van der Waals surface area contributed by atoms with Gasteiger partial charge in [-0.1, -0.05) is 24.3 Å². The van der Waals surface area contributed by atoms with Gasteiger partial charge in [0.05, 0.1) is 25.3 Å². The lowest BCUT2D eigenvalue weighted by Crippen LogP contribution is -2.40. The predicted octanol–water partition coefficient (Wildman–Crippen LogP) is 2.66. The zero-order valence-corrected chi connectivity index (χ0v) is 16.4. The van der Waals surface area contributed by atoms with Crippen molar-refractivity contribution in [2.75, 3.05) is 24.3 Å². The quantitative estimate of drug-likeness (QED) is 0.721. The number of nitrogens with two attached hydrogens (primary N) is 1. The average Bonchev–Trinajstić information content (AvgIpc) is 2.68. The van der Waals surface area contributed by atoms with E-state index in [4.69, 9.17) is 10.5 Å². The highest BCUT2D eigenvalue weighted by atomic mass is 16.5. The summed E-state index contributed by atoms with van der Waals surface area (Å²) in [4.78, 5) is 37.6. The molecule has 0 saturated heterocycles. The van der Waals surface area contributed by atoms with Gasteiger partial charge in [-0.3, -0.25) is 9.59 Å². The van der Waals surface area contributed by atoms with E-state index in [0.717, 1.165) is 17.5 Å². The molecular weight excluding hydrogens is 372 g/mol. The van der Waals surface area contributed by atoms with E-state index in [-0.39, 0.29) is 24.3 Å². The van der Waals surface area contributed by atoms with Gasteiger partial charge in [0.2, 0.25) is 11.8 Å². The van der Waals surface area contributed by atoms with Crippen LogP contribution in [-0.4, -0.2) is 36.4 Å². The van der Waals surface area contributed by atoms with Crippen LogP contribution in [0.2, 0.25) is 0 Å². The summed E-state index contributed by atoms with van der Waals surface area (Å²) in [5.74, 6) is 0.0893. The molecule has 1 aliphatic rings. The molecule has 0 aliphatic carbocycles. The van der Waals surface area contributed by atoms with Crippen LogP contribution >= 0.6 is 0 Å². The number of methoxy groups -OCH3 is 1. The Labute approximate surface area is 169 Å². The van der Waals surface area contributed by atoms with Crippen LogP contribution in [0.1, 0.15) is 30.5 Å². The maximum atomic E-state index is 12.7. The standard InChI is InChI=1S/C21H24N4O4/c1-13(26)25-10-9-14-5-3-4-6-16(14)18(25)12-20(27)23-15-7-8-17(24-21(22)28)19(11-15)29-2/h3-8,11,18H,9-10,12H2,1-2H3,(H,23,27)(H3,22,24,28). The minimum Gasteiger partial charge on any atom is -0.494 e. The SMILES string of the molecule is COc1cc(NC(=O)CC2c3ccccc3CCN2C(C)=O)ccc1NC(N)=O. The summed E-state index contributed by atoms with van der Waals surface area (Å²) in [6.45, 7) is 2.11. The van der Waals surface area contributed by atoms with Crippen molar-refractivity contribution in [3.05, 3.63) is 53.6 Å². The molecule has 0 aromatic heterocycles. The van der Waals surface area contributed by atoms with Gasteiger partial charge in [-0.25, -0.2) is 4.79 Å². The first-order chi connectivity index (χ1) is 13.9. The largest absolute Gasteiger partial charge is 0.494 e. The second kappa shape index (κ2) is 8.64. The third-order valence-corrected chi connectivity index (χ3v) is 4.94. The molecule has 1 aliphatic heterocycles. The highest BCUT2D eigenvalue weighted by molar-refractivity contribution is 5.94. The number of hydrogen-bond donors (Lipinski definition) is 3. The van der Waals surface area contributed by atoms with Gasteiger partial charge >= 0.3 is 6.03 Å². The molecule has 1 unspecified atom stereocenters. The Hall–Kier alpha value is -3.55. The molecule has 1 atom stereocenters. The third-order valence-electron chi connectivity index (χ3n) is 4.94. The van der Waals surface area contributed by atoms with Crippen molar-refractivity contribution in [3.63, 3.8) is 0 Å². The van der Waals surface area contributed by atoms with Crippen LogP contribution in [-0.2, 0) is 16.0 Å². The van der Waals surface area contributed by atoms with Gasteiger partial charge in [0.15, 0.2) is 0 Å². The molecule has 0 radical (unpaired) electrons. The van der Waals surface area contributed by atoms with E-state index < -0.39 is 6.03 Å². The van der Waals surface area contributed by atoms with Crippen molar-refractivity contribution < 1.29 is 19.1 Å². The monoisotopic (exact) mass is 396 g/mol. The molecule has 29 heavy (non-hydrogen) atoms. The number of fused-ring (bicyclic) bond motifs is 1. The maximum Gasteiger partial charge on any atom is 0.316 e. The number of amides is 4. The fourth-order valence-corrected chi connectivity index (χ4v) is 3.64. The molecule has 0 fully saturated rings. The first-order valence-corrected chi connectivity index (χ1v) is 9.28. The summed E-state index contributed by atoms with van der Waals surface area (Å²) in [5, 5.41) is 5.29. The van der Waals surface area contributed by atoms with Gasteiger partial charge in [-0.15, -0.1) is 0 Å². The zero-order valence-electron chi connectivity index (χ0n) is 16.4. The summed E-state index contributed by atoms with van der Waals surface area (Å²) in [7, 11) is 1.46. The highest BCUT2D eigenvalue weighted by Gasteiger charge is 2.30. The van der Waals surface area contributed by atoms with Crippen LogP contribution in [0.5, 0.6) is 5.75 Å². The Balaban J connectivity index is 1.77. The van der Waals surface area contributed by atoms with Gasteiger partial charge in [-0.05, 0) is 29.7 Å². The number of nitrogens with zero attached hydrogens (tertiary/aromatic N) is 1. The lowest BCUT2D eigenvalue weighted by atomic mass is 9.90. The summed E-state index contributed by atoms with van der Waals surface area (Å²) in [6, 6.07) is 11.7. The van der Waals surface area contributed by atoms with Gasteiger partial charge < -0.3 is 26.0 Å². The second-order valence-corrected chi connectivity index (χ2v) is 6.83. The Kier molecular flexibility index (Phi) is 6.01. The normalized spacial score (nSPS) is 15.2. The van der Waals surface area contributed by atoms with Gasteiger partial charge in [0.1, 0.15) is 5.75 Å². The molecule has 0 spiro atoms. The molecule has 4 N–H and O–H groups in total. The molecule has 2 aromatic carbocycles. The van der Waals surface area contributed by atoms with Crippen molar-refractivity contribution in [1.29, 1.82) is 0 Å². The maximum absolute atomic E-state index is 12.7. The smallest absolute Gasteiger partial charge is 0.316 e. The molecule has 8 nitrogen and oxygen atoms in total. The molecule has 4 amide bonds. The second-order valence-electron chi connectivity index (χ2n) is 6.83. The van der Waals surface area contributed by atoms with E-state index in [1.807, 2.05) is 24.3 Å². The van der Waals surface area contributed by atoms with E-state index >= 15 is 0 Å². The molecule has 1 heterocycles. The summed E-state index contributed by atoms with van der Waals surface area (Å²) >= 11 is 0. The number of rotatable bonds is 5. The number of nitrogens with one attached hydrogen (secondary N) is 2. The van der Waals surface area contributed by atoms with E-state index in [1.54, 1.807) is 23.1 Å². The Morgan fingerprint density at radius 1 is 1.17 bits per heavy atom. The minimum atomic E-state index is -0.708. The number of urea groups is 1. The minimum absolute atomic E-state index is 0.0548. The molecule has 152 valence electrons. The Morgan fingerprint density at radius 3 is 2.62 bits per heavy atom. The molecular formula is C21H24N4O4. The summed E-state index contributed by atoms with van der Waals surface area (Å²) < 4.78 is 5.24. The van der Waals surface area contributed by atoms with Crippen molar-refractivity contribution in [1.82, 2.24) is 4.90 Å². The highest BCUT2D eigenvalue weighted by Crippen LogP contribution is 2.33. The first kappa shape index (κ1) is 20.2. The van der Waals surface area contributed by atoms with Gasteiger partial charge in [0, 0.05) is 25.2 Å². The number of primary amides is 1. The van der Waals surface area contributed by atoms with E-state index in [0.29, 0.717) is 23.7 Å². The summed E-state index contributed by atoms with van der Waals surface area (Å²) in [6.07, 6.45) is 0.916. The van der Waals surface area contributed by atoms with E-state index in [1.165, 1.54) is 14.0 Å². The van der Waals surface area contributed by atoms with Gasteiger partial charge in [0.25, 0.3) is 0 Å². The van der Waals surface area contributed by atoms with E-state index in [9.17, 15) is 14.4 Å². The Bertz CT molecular complexity index is 944. The van der Waals surface area contributed by atoms with Crippen LogP contribution in [0.4, 0.5) is 16.2 Å². The van der Waals surface area contributed by atoms with Crippen LogP contribution < -0.4 is 21.1 Å². The number of hydrogen-bond acceptors (Lipinski definition) is 4. The first-order valence-electron chi connectivity index (χ1n) is 9.28. The third kappa shape index (κ3) is 4.66. The van der Waals surface area contributed by atoms with Crippen LogP contribution in [0.3, 0.4) is 0 Å². The zero-order chi connectivity index (χ0) is 21.0. The number of carbonyl (C=O) groups is 3. The fraction of sp³-hybridized carbons (Fsp3) is 0.286. The van der Waals surface area contributed by atoms with Gasteiger partial charge in [-0.2, -0.15) is 0 Å². The molecule has 2 aromatic rings. The van der Waals surface area contributed by atoms with Crippen LogP contribution in [0, 0.1) is 0 Å². The number of ether oxygens (including phenoxy) is 1. The molecule has 0 saturated carbocycles. The van der Waals surface area contributed by atoms with E-state index in [2.05, 4.69) is 10.6 Å². The fourth-order valence-electron chi connectivity index (χ4n) is 3.64. The molecule has 3 rings (SSSR count). The lowest BCUT2D eigenvalue weighted by Gasteiger charge is -2.36. The topological polar surface area (TPSA) is 114 Å². The number of anilines is 2. The lowest BCUT2D eigenvalue weighted by molar-refractivity contribution is -0.132. The average molecular weight is 396 g/mol. The van der Waals surface area contributed by atoms with Crippen LogP contribution in [0.25, 0.3) is 0 Å². The Morgan fingerprint density at radius 2 is 1.93 bits per heavy atom. The molecule has 0 bridgehead atoms. The van der Waals surface area contributed by atoms with Crippen molar-refractivity contribution >= 4 is 29.2 Å².